The molecule has 5 nitrogen and oxygen atoms in total. The number of ether oxygens (including phenoxy) is 1. The lowest BCUT2D eigenvalue weighted by Gasteiger charge is -2.23. The van der Waals surface area contributed by atoms with E-state index in [9.17, 15) is 4.79 Å². The number of rotatable bonds is 9. The molecule has 0 saturated heterocycles. The van der Waals surface area contributed by atoms with E-state index in [1.165, 1.54) is 0 Å². The lowest BCUT2D eigenvalue weighted by Crippen LogP contribution is -2.45. The largest absolute Gasteiger partial charge is 0.453 e. The summed E-state index contributed by atoms with van der Waals surface area (Å²) < 4.78 is 20.8. The predicted molar refractivity (Wildman–Crippen MR) is 106 cm³/mol. The highest BCUT2D eigenvalue weighted by molar-refractivity contribution is 6.32. The first-order valence-electron chi connectivity index (χ1n) is 8.92. The van der Waals surface area contributed by atoms with Crippen LogP contribution >= 0.6 is 11.6 Å². The van der Waals surface area contributed by atoms with Crippen LogP contribution < -0.4 is 21.1 Å². The molecule has 2 rings (SSSR count). The van der Waals surface area contributed by atoms with Gasteiger partial charge in [0.2, 0.25) is 5.91 Å². The van der Waals surface area contributed by atoms with Gasteiger partial charge in [0.1, 0.15) is 5.75 Å². The van der Waals surface area contributed by atoms with Gasteiger partial charge in [-0.15, -0.1) is 0 Å². The lowest BCUT2D eigenvalue weighted by molar-refractivity contribution is -0.122. The van der Waals surface area contributed by atoms with Crippen LogP contribution in [0.15, 0.2) is 42.5 Å². The SMILES string of the molecule is CC[C@@H](NC(C)C(=O)NCCN)c1ccc(Cl)c(Oc2ccccc2)c1F. The summed E-state index contributed by atoms with van der Waals surface area (Å²) in [7, 11) is 0. The molecule has 2 aromatic rings. The first-order chi connectivity index (χ1) is 13.0. The number of para-hydroxylation sites is 1. The van der Waals surface area contributed by atoms with Gasteiger partial charge in [0.05, 0.1) is 11.1 Å². The molecule has 0 saturated carbocycles. The Morgan fingerprint density at radius 1 is 1.26 bits per heavy atom. The van der Waals surface area contributed by atoms with Gasteiger partial charge in [-0.1, -0.05) is 42.8 Å². The van der Waals surface area contributed by atoms with Gasteiger partial charge in [0.25, 0.3) is 0 Å². The van der Waals surface area contributed by atoms with Crippen LogP contribution in [-0.2, 0) is 4.79 Å². The topological polar surface area (TPSA) is 76.4 Å². The van der Waals surface area contributed by atoms with E-state index < -0.39 is 11.9 Å². The zero-order chi connectivity index (χ0) is 19.8. The molecule has 2 atom stereocenters. The number of nitrogens with one attached hydrogen (secondary N) is 2. The van der Waals surface area contributed by atoms with E-state index >= 15 is 4.39 Å². The molecule has 4 N–H and O–H groups in total. The Balaban J connectivity index is 2.22. The van der Waals surface area contributed by atoms with E-state index in [1.54, 1.807) is 43.3 Å². The molecular weight excluding hydrogens is 369 g/mol. The van der Waals surface area contributed by atoms with Gasteiger partial charge in [-0.05, 0) is 31.5 Å². The summed E-state index contributed by atoms with van der Waals surface area (Å²) in [5, 5.41) is 6.05. The van der Waals surface area contributed by atoms with Crippen molar-refractivity contribution in [2.45, 2.75) is 32.4 Å². The summed E-state index contributed by atoms with van der Waals surface area (Å²) in [6.45, 7) is 4.39. The Hall–Kier alpha value is -2.15. The van der Waals surface area contributed by atoms with Crippen molar-refractivity contribution < 1.29 is 13.9 Å². The summed E-state index contributed by atoms with van der Waals surface area (Å²) in [6, 6.07) is 11.2. The van der Waals surface area contributed by atoms with Crippen LogP contribution in [0.4, 0.5) is 4.39 Å². The molecule has 146 valence electrons. The molecule has 1 unspecified atom stereocenters. The van der Waals surface area contributed by atoms with Crippen LogP contribution in [0.25, 0.3) is 0 Å². The number of benzene rings is 2. The molecule has 2 aromatic carbocycles. The third kappa shape index (κ3) is 5.66. The van der Waals surface area contributed by atoms with Crippen LogP contribution in [0.5, 0.6) is 11.5 Å². The fourth-order valence-electron chi connectivity index (χ4n) is 2.67. The molecule has 0 radical (unpaired) electrons. The fourth-order valence-corrected chi connectivity index (χ4v) is 2.85. The smallest absolute Gasteiger partial charge is 0.236 e. The highest BCUT2D eigenvalue weighted by Crippen LogP contribution is 2.36. The maximum atomic E-state index is 15.1. The zero-order valence-corrected chi connectivity index (χ0v) is 16.2. The summed E-state index contributed by atoms with van der Waals surface area (Å²) in [4.78, 5) is 12.1. The van der Waals surface area contributed by atoms with Gasteiger partial charge in [-0.2, -0.15) is 0 Å². The number of halogens is 2. The second kappa shape index (κ2) is 10.3. The average molecular weight is 394 g/mol. The van der Waals surface area contributed by atoms with E-state index in [-0.39, 0.29) is 22.7 Å². The summed E-state index contributed by atoms with van der Waals surface area (Å²) in [6.07, 6.45) is 0.581. The first-order valence-corrected chi connectivity index (χ1v) is 9.30. The highest BCUT2D eigenvalue weighted by atomic mass is 35.5. The van der Waals surface area contributed by atoms with Crippen molar-refractivity contribution in [2.24, 2.45) is 5.73 Å². The van der Waals surface area contributed by atoms with Crippen LogP contribution in [0.3, 0.4) is 0 Å². The molecular formula is C20H25ClFN3O2. The Bertz CT molecular complexity index is 758. The number of nitrogens with two attached hydrogens (primary N) is 1. The Kier molecular flexibility index (Phi) is 8.03. The maximum absolute atomic E-state index is 15.1. The van der Waals surface area contributed by atoms with Crippen molar-refractivity contribution in [3.63, 3.8) is 0 Å². The van der Waals surface area contributed by atoms with Crippen LogP contribution in [-0.4, -0.2) is 25.0 Å². The number of hydrogen-bond donors (Lipinski definition) is 3. The minimum absolute atomic E-state index is 0.0270. The lowest BCUT2D eigenvalue weighted by atomic mass is 10.0. The quantitative estimate of drug-likeness (QED) is 0.606. The maximum Gasteiger partial charge on any atom is 0.236 e. The van der Waals surface area contributed by atoms with E-state index in [1.807, 2.05) is 13.0 Å². The normalized spacial score (nSPS) is 13.1. The average Bonchev–Trinajstić information content (AvgIpc) is 2.68. The number of carbonyl (C=O) groups excluding carboxylic acids is 1. The van der Waals surface area contributed by atoms with Crippen molar-refractivity contribution in [2.75, 3.05) is 13.1 Å². The first kappa shape index (κ1) is 21.2. The highest BCUT2D eigenvalue weighted by Gasteiger charge is 2.23. The minimum atomic E-state index is -0.541. The molecule has 0 aliphatic rings. The van der Waals surface area contributed by atoms with Gasteiger partial charge in [0.15, 0.2) is 11.6 Å². The standard InChI is InChI=1S/C20H25ClFN3O2/c1-3-17(25-13(2)20(26)24-12-11-23)15-9-10-16(21)19(18(15)22)27-14-7-5-4-6-8-14/h4-10,13,17,25H,3,11-12,23H2,1-2H3,(H,24,26)/t13?,17-/m1/s1. The Morgan fingerprint density at radius 3 is 2.59 bits per heavy atom. The zero-order valence-electron chi connectivity index (χ0n) is 15.5. The number of carbonyl (C=O) groups is 1. The summed E-state index contributed by atoms with van der Waals surface area (Å²) >= 11 is 6.15. The molecule has 0 aliphatic carbocycles. The van der Waals surface area contributed by atoms with Crippen molar-refractivity contribution in [3.8, 4) is 11.5 Å². The van der Waals surface area contributed by atoms with E-state index in [0.717, 1.165) is 0 Å². The molecule has 0 aromatic heterocycles. The van der Waals surface area contributed by atoms with Crippen LogP contribution in [0, 0.1) is 5.82 Å². The third-order valence-corrected chi connectivity index (χ3v) is 4.41. The van der Waals surface area contributed by atoms with E-state index in [2.05, 4.69) is 10.6 Å². The second-order valence-electron chi connectivity index (χ2n) is 6.12. The molecule has 0 fully saturated rings. The molecule has 27 heavy (non-hydrogen) atoms. The minimum Gasteiger partial charge on any atom is -0.453 e. The number of amides is 1. The Morgan fingerprint density at radius 2 is 1.96 bits per heavy atom. The van der Waals surface area contributed by atoms with Gasteiger partial charge in [0, 0.05) is 24.7 Å². The van der Waals surface area contributed by atoms with Crippen molar-refractivity contribution in [1.29, 1.82) is 0 Å². The molecule has 0 heterocycles. The predicted octanol–water partition coefficient (Wildman–Crippen LogP) is 3.78. The Labute approximate surface area is 164 Å². The number of hydrogen-bond acceptors (Lipinski definition) is 4. The van der Waals surface area contributed by atoms with Crippen molar-refractivity contribution in [1.82, 2.24) is 10.6 Å². The van der Waals surface area contributed by atoms with E-state index in [4.69, 9.17) is 22.1 Å². The molecule has 0 aliphatic heterocycles. The molecule has 0 bridgehead atoms. The van der Waals surface area contributed by atoms with Crippen molar-refractivity contribution in [3.05, 3.63) is 58.9 Å². The van der Waals surface area contributed by atoms with Crippen LogP contribution in [0.1, 0.15) is 31.9 Å². The fraction of sp³-hybridized carbons (Fsp3) is 0.350. The van der Waals surface area contributed by atoms with Gasteiger partial charge in [-0.3, -0.25) is 10.1 Å². The third-order valence-electron chi connectivity index (χ3n) is 4.11. The second-order valence-corrected chi connectivity index (χ2v) is 6.53. The summed E-state index contributed by atoms with van der Waals surface area (Å²) in [5.74, 6) is -0.263. The molecule has 7 heteroatoms. The molecule has 0 spiro atoms. The van der Waals surface area contributed by atoms with E-state index in [0.29, 0.717) is 30.8 Å². The van der Waals surface area contributed by atoms with Gasteiger partial charge >= 0.3 is 0 Å². The van der Waals surface area contributed by atoms with Crippen molar-refractivity contribution >= 4 is 17.5 Å². The van der Waals surface area contributed by atoms with Gasteiger partial charge < -0.3 is 15.8 Å². The molecule has 1 amide bonds. The monoisotopic (exact) mass is 393 g/mol. The van der Waals surface area contributed by atoms with Gasteiger partial charge in [-0.25, -0.2) is 4.39 Å². The van der Waals surface area contributed by atoms with Crippen LogP contribution in [0.2, 0.25) is 5.02 Å². The summed E-state index contributed by atoms with van der Waals surface area (Å²) in [5.41, 5.74) is 5.79.